The second kappa shape index (κ2) is 3.73. The van der Waals surface area contributed by atoms with Gasteiger partial charge in [0.25, 0.3) is 0 Å². The van der Waals surface area contributed by atoms with E-state index in [-0.39, 0.29) is 5.69 Å². The Morgan fingerprint density at radius 2 is 2.19 bits per heavy atom. The van der Waals surface area contributed by atoms with Crippen LogP contribution in [0, 0.1) is 12.7 Å². The summed E-state index contributed by atoms with van der Waals surface area (Å²) in [5.41, 5.74) is 0.988. The lowest BCUT2D eigenvalue weighted by molar-refractivity contribution is 0.0690. The molecular weight excluding hydrogens is 213 g/mol. The Labute approximate surface area is 90.1 Å². The first-order valence-corrected chi connectivity index (χ1v) is 4.49. The minimum absolute atomic E-state index is 0.179. The fraction of sp³-hybridized carbons (Fsp3) is 0.100. The Bertz CT molecular complexity index is 530. The predicted molar refractivity (Wildman–Crippen MR) is 53.0 cm³/mol. The van der Waals surface area contributed by atoms with Crippen molar-refractivity contribution in [2.75, 3.05) is 0 Å². The molecule has 0 saturated heterocycles. The number of benzene rings is 1. The highest BCUT2D eigenvalue weighted by Crippen LogP contribution is 2.12. The van der Waals surface area contributed by atoms with Crippen molar-refractivity contribution in [3.63, 3.8) is 0 Å². The van der Waals surface area contributed by atoms with Crippen LogP contribution < -0.4 is 0 Å². The van der Waals surface area contributed by atoms with Gasteiger partial charge in [0.1, 0.15) is 5.82 Å². The normalized spacial score (nSPS) is 10.4. The number of carboxylic acid groups (broad SMARTS) is 1. The van der Waals surface area contributed by atoms with Crippen molar-refractivity contribution in [3.8, 4) is 5.69 Å². The molecule has 0 amide bonds. The molecule has 6 heteroatoms. The molecule has 5 nitrogen and oxygen atoms in total. The largest absolute Gasteiger partial charge is 0.476 e. The number of aryl methyl sites for hydroxylation is 1. The molecule has 0 bridgehead atoms. The molecule has 1 aromatic carbocycles. The summed E-state index contributed by atoms with van der Waals surface area (Å²) in [6.45, 7) is 1.74. The Morgan fingerprint density at radius 1 is 1.44 bits per heavy atom. The first-order valence-electron chi connectivity index (χ1n) is 4.49. The smallest absolute Gasteiger partial charge is 0.358 e. The first kappa shape index (κ1) is 10.3. The van der Waals surface area contributed by atoms with Crippen LogP contribution in [0.4, 0.5) is 4.39 Å². The molecule has 0 aliphatic rings. The van der Waals surface area contributed by atoms with E-state index in [0.29, 0.717) is 5.69 Å². The summed E-state index contributed by atoms with van der Waals surface area (Å²) in [7, 11) is 0. The third-order valence-electron chi connectivity index (χ3n) is 2.00. The van der Waals surface area contributed by atoms with Crippen molar-refractivity contribution in [2.45, 2.75) is 6.92 Å². The standard InChI is InChI=1S/C10H8FN3O2/c1-6-2-7(11)4-8(3-6)14-5-9(10(15)16)12-13-14/h2-5H,1H3,(H,15,16). The molecule has 16 heavy (non-hydrogen) atoms. The molecule has 0 atom stereocenters. The molecule has 1 N–H and O–H groups in total. The quantitative estimate of drug-likeness (QED) is 0.832. The summed E-state index contributed by atoms with van der Waals surface area (Å²) in [4.78, 5) is 10.6. The fourth-order valence-corrected chi connectivity index (χ4v) is 1.34. The number of rotatable bonds is 2. The van der Waals surface area contributed by atoms with Gasteiger partial charge < -0.3 is 5.11 Å². The van der Waals surface area contributed by atoms with Crippen LogP contribution in [0.2, 0.25) is 0 Å². The van der Waals surface area contributed by atoms with Crippen LogP contribution in [0.1, 0.15) is 16.1 Å². The van der Waals surface area contributed by atoms with Gasteiger partial charge in [-0.1, -0.05) is 5.21 Å². The number of halogens is 1. The van der Waals surface area contributed by atoms with E-state index in [1.165, 1.54) is 23.0 Å². The Kier molecular flexibility index (Phi) is 2.40. The molecule has 0 saturated carbocycles. The maximum Gasteiger partial charge on any atom is 0.358 e. The summed E-state index contributed by atoms with van der Waals surface area (Å²) < 4.78 is 14.3. The van der Waals surface area contributed by atoms with E-state index in [1.54, 1.807) is 13.0 Å². The van der Waals surface area contributed by atoms with E-state index in [2.05, 4.69) is 10.3 Å². The number of aromatic carboxylic acids is 1. The van der Waals surface area contributed by atoms with Gasteiger partial charge in [0.05, 0.1) is 11.9 Å². The third-order valence-corrected chi connectivity index (χ3v) is 2.00. The number of carboxylic acids is 1. The van der Waals surface area contributed by atoms with Crippen LogP contribution in [0.15, 0.2) is 24.4 Å². The lowest BCUT2D eigenvalue weighted by atomic mass is 10.2. The van der Waals surface area contributed by atoms with Crippen LogP contribution in [-0.4, -0.2) is 26.1 Å². The van der Waals surface area contributed by atoms with Gasteiger partial charge in [-0.15, -0.1) is 5.10 Å². The highest BCUT2D eigenvalue weighted by atomic mass is 19.1. The molecule has 0 fully saturated rings. The molecule has 1 heterocycles. The van der Waals surface area contributed by atoms with Gasteiger partial charge in [-0.25, -0.2) is 13.9 Å². The van der Waals surface area contributed by atoms with E-state index in [0.717, 1.165) is 5.56 Å². The van der Waals surface area contributed by atoms with Crippen molar-refractivity contribution in [1.29, 1.82) is 0 Å². The summed E-state index contributed by atoms with van der Waals surface area (Å²) >= 11 is 0. The van der Waals surface area contributed by atoms with Gasteiger partial charge in [-0.2, -0.15) is 0 Å². The lowest BCUT2D eigenvalue weighted by Gasteiger charge is -2.01. The minimum atomic E-state index is -1.17. The molecule has 2 aromatic rings. The van der Waals surface area contributed by atoms with E-state index in [1.807, 2.05) is 0 Å². The molecule has 0 aliphatic heterocycles. The van der Waals surface area contributed by atoms with Crippen molar-refractivity contribution >= 4 is 5.97 Å². The van der Waals surface area contributed by atoms with E-state index in [4.69, 9.17) is 5.11 Å². The number of carbonyl (C=O) groups is 1. The van der Waals surface area contributed by atoms with Gasteiger partial charge in [0.15, 0.2) is 5.69 Å². The second-order valence-electron chi connectivity index (χ2n) is 3.34. The monoisotopic (exact) mass is 221 g/mol. The van der Waals surface area contributed by atoms with Crippen LogP contribution in [0.25, 0.3) is 5.69 Å². The molecular formula is C10H8FN3O2. The van der Waals surface area contributed by atoms with Gasteiger partial charge in [-0.05, 0) is 30.7 Å². The van der Waals surface area contributed by atoms with E-state index < -0.39 is 11.8 Å². The highest BCUT2D eigenvalue weighted by molar-refractivity contribution is 5.84. The number of hydrogen-bond donors (Lipinski definition) is 1. The zero-order chi connectivity index (χ0) is 11.7. The minimum Gasteiger partial charge on any atom is -0.476 e. The van der Waals surface area contributed by atoms with Gasteiger partial charge in [0, 0.05) is 0 Å². The summed E-state index contributed by atoms with van der Waals surface area (Å²) in [6, 6.07) is 4.31. The van der Waals surface area contributed by atoms with Crippen LogP contribution in [0.5, 0.6) is 0 Å². The molecule has 82 valence electrons. The SMILES string of the molecule is Cc1cc(F)cc(-n2cc(C(=O)O)nn2)c1. The van der Waals surface area contributed by atoms with Crippen LogP contribution in [0.3, 0.4) is 0 Å². The molecule has 0 radical (unpaired) electrons. The second-order valence-corrected chi connectivity index (χ2v) is 3.34. The Morgan fingerprint density at radius 3 is 2.75 bits per heavy atom. The summed E-state index contributed by atoms with van der Waals surface area (Å²) in [5.74, 6) is -1.57. The molecule has 0 unspecified atom stereocenters. The average Bonchev–Trinajstić information content (AvgIpc) is 2.64. The van der Waals surface area contributed by atoms with Crippen LogP contribution in [-0.2, 0) is 0 Å². The zero-order valence-electron chi connectivity index (χ0n) is 8.38. The average molecular weight is 221 g/mol. The maximum absolute atomic E-state index is 13.1. The van der Waals surface area contributed by atoms with Gasteiger partial charge in [0.2, 0.25) is 0 Å². The van der Waals surface area contributed by atoms with E-state index in [9.17, 15) is 9.18 Å². The highest BCUT2D eigenvalue weighted by Gasteiger charge is 2.09. The molecule has 2 rings (SSSR count). The van der Waals surface area contributed by atoms with E-state index >= 15 is 0 Å². The molecule has 0 aliphatic carbocycles. The van der Waals surface area contributed by atoms with Crippen molar-refractivity contribution in [1.82, 2.24) is 15.0 Å². The number of hydrogen-bond acceptors (Lipinski definition) is 3. The maximum atomic E-state index is 13.1. The first-order chi connectivity index (χ1) is 7.56. The van der Waals surface area contributed by atoms with Gasteiger partial charge in [-0.3, -0.25) is 0 Å². The Hall–Kier alpha value is -2.24. The van der Waals surface area contributed by atoms with Crippen molar-refractivity contribution < 1.29 is 14.3 Å². The number of aromatic nitrogens is 3. The summed E-state index contributed by atoms with van der Waals surface area (Å²) in [6.07, 6.45) is 1.23. The molecule has 1 aromatic heterocycles. The number of nitrogens with zero attached hydrogens (tertiary/aromatic N) is 3. The van der Waals surface area contributed by atoms with Crippen LogP contribution >= 0.6 is 0 Å². The zero-order valence-corrected chi connectivity index (χ0v) is 8.38. The van der Waals surface area contributed by atoms with Crippen molar-refractivity contribution in [3.05, 3.63) is 41.5 Å². The molecule has 0 spiro atoms. The third kappa shape index (κ3) is 1.90. The lowest BCUT2D eigenvalue weighted by Crippen LogP contribution is -1.97. The predicted octanol–water partition coefficient (Wildman–Crippen LogP) is 1.41. The van der Waals surface area contributed by atoms with Crippen molar-refractivity contribution in [2.24, 2.45) is 0 Å². The topological polar surface area (TPSA) is 68.0 Å². The summed E-state index contributed by atoms with van der Waals surface area (Å²) in [5, 5.41) is 15.7. The fourth-order valence-electron chi connectivity index (χ4n) is 1.34. The Balaban J connectivity index is 2.46. The van der Waals surface area contributed by atoms with Gasteiger partial charge >= 0.3 is 5.97 Å².